The van der Waals surface area contributed by atoms with Crippen molar-refractivity contribution >= 4 is 7.82 Å². The summed E-state index contributed by atoms with van der Waals surface area (Å²) in [6.45, 7) is 2.01. The maximum absolute atomic E-state index is 11.6. The molecule has 0 unspecified atom stereocenters. The van der Waals surface area contributed by atoms with Crippen molar-refractivity contribution in [1.82, 2.24) is 0 Å². The first kappa shape index (κ1) is 17.4. The summed E-state index contributed by atoms with van der Waals surface area (Å²) in [5, 5.41) is 0. The van der Waals surface area contributed by atoms with E-state index in [9.17, 15) is 14.4 Å². The molecule has 0 fully saturated rings. The number of phosphoric ester groups is 1. The number of rotatable bonds is 5. The number of benzene rings is 3. The van der Waals surface area contributed by atoms with Gasteiger partial charge in [-0.05, 0) is 23.1 Å². The van der Waals surface area contributed by atoms with Crippen LogP contribution in [0.25, 0.3) is 22.3 Å². The van der Waals surface area contributed by atoms with Crippen LogP contribution in [0.15, 0.2) is 72.8 Å². The Kier molecular flexibility index (Phi) is 5.05. The molecule has 0 heterocycles. The van der Waals surface area contributed by atoms with Gasteiger partial charge >= 0.3 is 7.82 Å². The van der Waals surface area contributed by atoms with E-state index < -0.39 is 7.82 Å². The molecule has 0 aromatic heterocycles. The summed E-state index contributed by atoms with van der Waals surface area (Å²) in [6, 6.07) is 22.8. The molecule has 0 amide bonds. The van der Waals surface area contributed by atoms with Crippen LogP contribution < -0.4 is 4.52 Å². The van der Waals surface area contributed by atoms with Gasteiger partial charge in [0, 0.05) is 11.1 Å². The minimum atomic E-state index is -4.71. The zero-order valence-corrected chi connectivity index (χ0v) is 14.7. The number of hydrogen-bond donors (Lipinski definition) is 2. The fourth-order valence-corrected chi connectivity index (χ4v) is 3.33. The molecule has 3 aromatic carbocycles. The minimum absolute atomic E-state index is 0.213. The normalized spacial score (nSPS) is 11.3. The molecule has 0 bridgehead atoms. The third-order valence-electron chi connectivity index (χ3n) is 3.98. The summed E-state index contributed by atoms with van der Waals surface area (Å²) in [5.74, 6) is 0.213. The molecule has 0 aliphatic carbocycles. The summed E-state index contributed by atoms with van der Waals surface area (Å²) in [7, 11) is -4.71. The second-order valence-electron chi connectivity index (χ2n) is 5.64. The van der Waals surface area contributed by atoms with Gasteiger partial charge in [-0.2, -0.15) is 0 Å². The van der Waals surface area contributed by atoms with Crippen LogP contribution in [0.3, 0.4) is 0 Å². The van der Waals surface area contributed by atoms with Gasteiger partial charge in [-0.3, -0.25) is 9.79 Å². The fraction of sp³-hybridized carbons (Fsp3) is 0.100. The van der Waals surface area contributed by atoms with Gasteiger partial charge in [0.2, 0.25) is 0 Å². The SMILES string of the molecule is CCc1ccc(-c2ccccc2)c(OP(=O)(O)O)c1-c1ccccc1. The highest BCUT2D eigenvalue weighted by Crippen LogP contribution is 2.48. The van der Waals surface area contributed by atoms with Crippen molar-refractivity contribution in [3.8, 4) is 28.0 Å². The Bertz CT molecular complexity index is 902. The molecule has 25 heavy (non-hydrogen) atoms. The Morgan fingerprint density at radius 3 is 1.92 bits per heavy atom. The van der Waals surface area contributed by atoms with Crippen molar-refractivity contribution < 1.29 is 18.9 Å². The van der Waals surface area contributed by atoms with Gasteiger partial charge in [0.15, 0.2) is 0 Å². The van der Waals surface area contributed by atoms with Crippen LogP contribution in [0.2, 0.25) is 0 Å². The first-order valence-electron chi connectivity index (χ1n) is 8.01. The average Bonchev–Trinajstić information content (AvgIpc) is 2.61. The monoisotopic (exact) mass is 354 g/mol. The van der Waals surface area contributed by atoms with Gasteiger partial charge in [-0.15, -0.1) is 0 Å². The van der Waals surface area contributed by atoms with Crippen molar-refractivity contribution in [3.63, 3.8) is 0 Å². The van der Waals surface area contributed by atoms with Crippen LogP contribution in [-0.2, 0) is 11.0 Å². The van der Waals surface area contributed by atoms with Crippen molar-refractivity contribution in [3.05, 3.63) is 78.4 Å². The van der Waals surface area contributed by atoms with Crippen molar-refractivity contribution in [2.24, 2.45) is 0 Å². The second kappa shape index (κ2) is 7.24. The first-order chi connectivity index (χ1) is 12.0. The van der Waals surface area contributed by atoms with E-state index in [-0.39, 0.29) is 5.75 Å². The standard InChI is InChI=1S/C20H19O4P/c1-2-15-13-14-18(16-9-5-3-6-10-16)20(24-25(21,22)23)19(15)17-11-7-4-8-12-17/h3-14H,2H2,1H3,(H2,21,22,23). The summed E-state index contributed by atoms with van der Waals surface area (Å²) in [6.07, 6.45) is 0.719. The van der Waals surface area contributed by atoms with Crippen LogP contribution in [-0.4, -0.2) is 9.79 Å². The quantitative estimate of drug-likeness (QED) is 0.629. The third-order valence-corrected chi connectivity index (χ3v) is 4.40. The zero-order chi connectivity index (χ0) is 17.9. The van der Waals surface area contributed by atoms with Crippen LogP contribution in [0.1, 0.15) is 12.5 Å². The highest BCUT2D eigenvalue weighted by atomic mass is 31.2. The predicted octanol–water partition coefficient (Wildman–Crippen LogP) is 5.05. The van der Waals surface area contributed by atoms with Gasteiger partial charge in [-0.25, -0.2) is 4.57 Å². The summed E-state index contributed by atoms with van der Waals surface area (Å²) >= 11 is 0. The lowest BCUT2D eigenvalue weighted by atomic mass is 9.92. The van der Waals surface area contributed by atoms with E-state index in [2.05, 4.69) is 0 Å². The molecule has 0 radical (unpaired) electrons. The van der Waals surface area contributed by atoms with Crippen LogP contribution in [0.4, 0.5) is 0 Å². The Balaban J connectivity index is 2.32. The van der Waals surface area contributed by atoms with Crippen LogP contribution in [0.5, 0.6) is 5.75 Å². The predicted molar refractivity (Wildman–Crippen MR) is 99.4 cm³/mol. The minimum Gasteiger partial charge on any atom is -0.403 e. The Labute approximate surface area is 147 Å². The molecular weight excluding hydrogens is 335 g/mol. The molecule has 5 heteroatoms. The van der Waals surface area contributed by atoms with Gasteiger partial charge in [-0.1, -0.05) is 79.7 Å². The lowest BCUT2D eigenvalue weighted by Crippen LogP contribution is -1.99. The van der Waals surface area contributed by atoms with Crippen molar-refractivity contribution in [1.29, 1.82) is 0 Å². The van der Waals surface area contributed by atoms with Crippen LogP contribution in [0, 0.1) is 0 Å². The third kappa shape index (κ3) is 3.99. The molecule has 3 aromatic rings. The molecule has 2 N–H and O–H groups in total. The summed E-state index contributed by atoms with van der Waals surface area (Å²) in [5.41, 5.74) is 4.04. The number of aryl methyl sites for hydroxylation is 1. The zero-order valence-electron chi connectivity index (χ0n) is 13.8. The fourth-order valence-electron chi connectivity index (χ4n) is 2.90. The number of phosphoric acid groups is 1. The molecular formula is C20H19O4P. The van der Waals surface area contributed by atoms with E-state index in [0.717, 1.165) is 23.1 Å². The van der Waals surface area contributed by atoms with E-state index >= 15 is 0 Å². The van der Waals surface area contributed by atoms with E-state index in [1.165, 1.54) is 0 Å². The topological polar surface area (TPSA) is 66.8 Å². The molecule has 0 saturated heterocycles. The Morgan fingerprint density at radius 2 is 1.40 bits per heavy atom. The van der Waals surface area contributed by atoms with Gasteiger partial charge in [0.25, 0.3) is 0 Å². The molecule has 128 valence electrons. The average molecular weight is 354 g/mol. The van der Waals surface area contributed by atoms with Crippen molar-refractivity contribution in [2.45, 2.75) is 13.3 Å². The largest absolute Gasteiger partial charge is 0.524 e. The van der Waals surface area contributed by atoms with E-state index in [0.29, 0.717) is 11.1 Å². The molecule has 3 rings (SSSR count). The highest BCUT2D eigenvalue weighted by molar-refractivity contribution is 7.46. The van der Waals surface area contributed by atoms with E-state index in [1.807, 2.05) is 79.7 Å². The van der Waals surface area contributed by atoms with E-state index in [4.69, 9.17) is 4.52 Å². The molecule has 4 nitrogen and oxygen atoms in total. The second-order valence-corrected chi connectivity index (χ2v) is 6.81. The van der Waals surface area contributed by atoms with Crippen molar-refractivity contribution in [2.75, 3.05) is 0 Å². The number of hydrogen-bond acceptors (Lipinski definition) is 2. The van der Waals surface area contributed by atoms with Crippen LogP contribution >= 0.6 is 7.82 Å². The first-order valence-corrected chi connectivity index (χ1v) is 9.54. The molecule has 0 aliphatic rings. The molecule has 0 spiro atoms. The Morgan fingerprint density at radius 1 is 0.840 bits per heavy atom. The van der Waals surface area contributed by atoms with Gasteiger partial charge in [0.05, 0.1) is 0 Å². The molecule has 0 aliphatic heterocycles. The molecule has 0 atom stereocenters. The maximum atomic E-state index is 11.6. The summed E-state index contributed by atoms with van der Waals surface area (Å²) < 4.78 is 16.8. The lowest BCUT2D eigenvalue weighted by molar-refractivity contribution is 0.284. The van der Waals surface area contributed by atoms with Gasteiger partial charge in [0.1, 0.15) is 5.75 Å². The van der Waals surface area contributed by atoms with Gasteiger partial charge < -0.3 is 4.52 Å². The lowest BCUT2D eigenvalue weighted by Gasteiger charge is -2.19. The smallest absolute Gasteiger partial charge is 0.403 e. The van der Waals surface area contributed by atoms with E-state index in [1.54, 1.807) is 0 Å². The molecule has 0 saturated carbocycles. The maximum Gasteiger partial charge on any atom is 0.524 e. The Hall–Kier alpha value is -2.39. The summed E-state index contributed by atoms with van der Waals surface area (Å²) in [4.78, 5) is 18.9. The highest BCUT2D eigenvalue weighted by Gasteiger charge is 2.24.